The van der Waals surface area contributed by atoms with E-state index in [-0.39, 0.29) is 6.17 Å². The van der Waals surface area contributed by atoms with Crippen molar-refractivity contribution in [1.29, 1.82) is 5.41 Å². The van der Waals surface area contributed by atoms with Gasteiger partial charge in [0.15, 0.2) is 0 Å². The summed E-state index contributed by atoms with van der Waals surface area (Å²) in [6.07, 6.45) is 3.21. The van der Waals surface area contributed by atoms with Crippen LogP contribution in [0.15, 0.2) is 46.0 Å². The first-order valence-corrected chi connectivity index (χ1v) is 6.94. The Balaban J connectivity index is 2.07. The highest BCUT2D eigenvalue weighted by Gasteiger charge is 2.22. The number of aliphatic imine (C=N–C) groups is 1. The number of aromatic nitrogens is 1. The molecule has 0 saturated heterocycles. The predicted molar refractivity (Wildman–Crippen MR) is 83.0 cm³/mol. The van der Waals surface area contributed by atoms with Crippen LogP contribution < -0.4 is 16.1 Å². The maximum atomic E-state index is 7.88. The van der Waals surface area contributed by atoms with Gasteiger partial charge in [-0.1, -0.05) is 22.0 Å². The van der Waals surface area contributed by atoms with Crippen molar-refractivity contribution in [2.24, 2.45) is 17.8 Å². The third-order valence-corrected chi connectivity index (χ3v) is 3.82. The van der Waals surface area contributed by atoms with Gasteiger partial charge in [0.1, 0.15) is 11.7 Å². The molecule has 0 fully saturated rings. The molecule has 2 heterocycles. The molecule has 1 aromatic carbocycles. The summed E-state index contributed by atoms with van der Waals surface area (Å²) in [7, 11) is 1.82. The fourth-order valence-electron chi connectivity index (χ4n) is 2.21. The van der Waals surface area contributed by atoms with Crippen LogP contribution in [0.25, 0.3) is 0 Å². The summed E-state index contributed by atoms with van der Waals surface area (Å²) >= 11 is 3.46. The number of hydrogen-bond acceptors (Lipinski definition) is 4. The predicted octanol–water partition coefficient (Wildman–Crippen LogP) is 2.40. The fourth-order valence-corrected chi connectivity index (χ4v) is 2.59. The van der Waals surface area contributed by atoms with Gasteiger partial charge in [-0.15, -0.1) is 0 Å². The van der Waals surface area contributed by atoms with Gasteiger partial charge in [-0.25, -0.2) is 4.99 Å². The van der Waals surface area contributed by atoms with E-state index in [4.69, 9.17) is 11.1 Å². The van der Waals surface area contributed by atoms with Crippen molar-refractivity contribution in [1.82, 2.24) is 4.57 Å². The van der Waals surface area contributed by atoms with E-state index < -0.39 is 0 Å². The molecule has 1 aliphatic rings. The highest BCUT2D eigenvalue weighted by Crippen LogP contribution is 2.32. The maximum Gasteiger partial charge on any atom is 0.124 e. The van der Waals surface area contributed by atoms with Crippen LogP contribution >= 0.6 is 15.9 Å². The van der Waals surface area contributed by atoms with Crippen molar-refractivity contribution in [3.05, 3.63) is 52.1 Å². The van der Waals surface area contributed by atoms with E-state index >= 15 is 0 Å². The second-order valence-electron chi connectivity index (χ2n) is 4.69. The summed E-state index contributed by atoms with van der Waals surface area (Å²) in [6.45, 7) is 0. The average molecular weight is 332 g/mol. The van der Waals surface area contributed by atoms with Gasteiger partial charge in [-0.2, -0.15) is 0 Å². The van der Waals surface area contributed by atoms with E-state index in [0.29, 0.717) is 5.49 Å². The highest BCUT2D eigenvalue weighted by atomic mass is 79.9. The third-order valence-electron chi connectivity index (χ3n) is 3.33. The summed E-state index contributed by atoms with van der Waals surface area (Å²) in [6, 6.07) is 9.65. The Morgan fingerprint density at radius 2 is 2.15 bits per heavy atom. The summed E-state index contributed by atoms with van der Waals surface area (Å²) in [5.41, 5.74) is 9.35. The zero-order valence-corrected chi connectivity index (χ0v) is 12.5. The number of fused-ring (bicyclic) bond motifs is 1. The minimum Gasteiger partial charge on any atom is -0.334 e. The largest absolute Gasteiger partial charge is 0.334 e. The van der Waals surface area contributed by atoms with E-state index in [1.54, 1.807) is 17.0 Å². The Morgan fingerprint density at radius 3 is 2.90 bits per heavy atom. The molecule has 102 valence electrons. The first-order chi connectivity index (χ1) is 9.56. The van der Waals surface area contributed by atoms with Crippen LogP contribution in [0.3, 0.4) is 0 Å². The number of anilines is 1. The lowest BCUT2D eigenvalue weighted by Crippen LogP contribution is -2.36. The topological polar surface area (TPSA) is 70.4 Å². The van der Waals surface area contributed by atoms with E-state index in [9.17, 15) is 0 Å². The molecule has 1 aromatic heterocycles. The lowest BCUT2D eigenvalue weighted by Gasteiger charge is -2.31. The summed E-state index contributed by atoms with van der Waals surface area (Å²) in [4.78, 5) is 6.33. The summed E-state index contributed by atoms with van der Waals surface area (Å²) < 4.78 is 2.71. The Bertz CT molecular complexity index is 749. The number of nitrogens with zero attached hydrogens (tertiary/aromatic N) is 3. The monoisotopic (exact) mass is 331 g/mol. The molecule has 0 bridgehead atoms. The van der Waals surface area contributed by atoms with Gasteiger partial charge in [-0.3, -0.25) is 5.41 Å². The van der Waals surface area contributed by atoms with Crippen molar-refractivity contribution in [2.75, 3.05) is 4.90 Å². The van der Waals surface area contributed by atoms with Crippen molar-refractivity contribution in [3.63, 3.8) is 0 Å². The molecule has 3 rings (SSSR count). The van der Waals surface area contributed by atoms with Gasteiger partial charge < -0.3 is 15.2 Å². The molecule has 2 aromatic rings. The number of benzene rings is 1. The van der Waals surface area contributed by atoms with Gasteiger partial charge in [0, 0.05) is 29.0 Å². The molecule has 1 aliphatic heterocycles. The molecular weight excluding hydrogens is 318 g/mol. The number of rotatable bonds is 1. The molecule has 0 aliphatic carbocycles. The van der Waals surface area contributed by atoms with Crippen molar-refractivity contribution < 1.29 is 0 Å². The van der Waals surface area contributed by atoms with Crippen molar-refractivity contribution in [2.45, 2.75) is 6.17 Å². The second-order valence-corrected chi connectivity index (χ2v) is 5.60. The van der Waals surface area contributed by atoms with Crippen LogP contribution in [0, 0.1) is 5.41 Å². The van der Waals surface area contributed by atoms with Gasteiger partial charge >= 0.3 is 0 Å². The van der Waals surface area contributed by atoms with Crippen LogP contribution in [-0.2, 0) is 7.05 Å². The minimum absolute atomic E-state index is 0.345. The Hall–Kier alpha value is -1.92. The average Bonchev–Trinajstić information content (AvgIpc) is 2.41. The lowest BCUT2D eigenvalue weighted by molar-refractivity contribution is 0.726. The second kappa shape index (κ2) is 4.88. The third kappa shape index (κ3) is 2.17. The number of pyridine rings is 1. The van der Waals surface area contributed by atoms with E-state index in [2.05, 4.69) is 20.9 Å². The molecule has 20 heavy (non-hydrogen) atoms. The van der Waals surface area contributed by atoms with Gasteiger partial charge in [0.25, 0.3) is 0 Å². The first-order valence-electron chi connectivity index (χ1n) is 6.15. The minimum atomic E-state index is -0.345. The highest BCUT2D eigenvalue weighted by molar-refractivity contribution is 9.10. The van der Waals surface area contributed by atoms with Crippen LogP contribution in [0.1, 0.15) is 11.7 Å². The molecule has 5 nitrogen and oxygen atoms in total. The van der Waals surface area contributed by atoms with Crippen LogP contribution in [0.4, 0.5) is 11.4 Å². The summed E-state index contributed by atoms with van der Waals surface area (Å²) in [5, 5.41) is 7.88. The van der Waals surface area contributed by atoms with E-state index in [1.165, 1.54) is 0 Å². The maximum absolute atomic E-state index is 7.88. The van der Waals surface area contributed by atoms with Crippen LogP contribution in [0.2, 0.25) is 0 Å². The molecule has 3 N–H and O–H groups in total. The fraction of sp³-hybridized carbons (Fsp3) is 0.143. The molecule has 1 atom stereocenters. The van der Waals surface area contributed by atoms with Gasteiger partial charge in [0.05, 0.1) is 12.0 Å². The first kappa shape index (κ1) is 13.1. The quantitative estimate of drug-likeness (QED) is 0.842. The molecule has 1 unspecified atom stereocenters. The smallest absolute Gasteiger partial charge is 0.124 e. The molecule has 0 saturated carbocycles. The van der Waals surface area contributed by atoms with Crippen LogP contribution in [0.5, 0.6) is 0 Å². The molecule has 0 radical (unpaired) electrons. The standard InChI is InChI=1S/C14H14BrN5/c1-19-7-12-11(6-13(19)16)14(17)20(8-18-12)10-4-2-3-9(15)5-10/h2-8,14,16H,17H2,1H3. The van der Waals surface area contributed by atoms with E-state index in [0.717, 1.165) is 21.4 Å². The number of halogens is 1. The number of hydrogen-bond donors (Lipinski definition) is 2. The zero-order valence-electron chi connectivity index (χ0n) is 10.9. The summed E-state index contributed by atoms with van der Waals surface area (Å²) in [5.74, 6) is 0. The molecule has 0 amide bonds. The SMILES string of the molecule is Cn1cc2c(cc1=N)C(N)N(c1cccc(Br)c1)C=N2. The Morgan fingerprint density at radius 1 is 1.35 bits per heavy atom. The Kier molecular flexibility index (Phi) is 3.19. The molecule has 6 heteroatoms. The van der Waals surface area contributed by atoms with Crippen LogP contribution in [-0.4, -0.2) is 10.9 Å². The lowest BCUT2D eigenvalue weighted by atomic mass is 10.1. The molecular formula is C14H14BrN5. The number of nitrogens with one attached hydrogen (secondary N) is 1. The van der Waals surface area contributed by atoms with Crippen molar-refractivity contribution in [3.8, 4) is 0 Å². The number of aryl methyl sites for hydroxylation is 1. The van der Waals surface area contributed by atoms with E-state index in [1.807, 2.05) is 42.4 Å². The van der Waals surface area contributed by atoms with Gasteiger partial charge in [0.2, 0.25) is 0 Å². The normalized spacial score (nSPS) is 17.1. The zero-order chi connectivity index (χ0) is 14.3. The Labute approximate surface area is 125 Å². The molecule has 0 spiro atoms. The van der Waals surface area contributed by atoms with Gasteiger partial charge in [-0.05, 0) is 24.3 Å². The number of nitrogens with two attached hydrogens (primary N) is 1. The van der Waals surface area contributed by atoms with Crippen molar-refractivity contribution >= 4 is 33.6 Å².